The Kier molecular flexibility index (Phi) is 4.95. The first-order valence-corrected chi connectivity index (χ1v) is 7.74. The topological polar surface area (TPSA) is 72.2 Å². The zero-order valence-corrected chi connectivity index (χ0v) is 12.8. The summed E-state index contributed by atoms with van der Waals surface area (Å²) in [7, 11) is -3.55. The molecule has 0 aliphatic heterocycles. The molecule has 0 saturated carbocycles. The van der Waals surface area contributed by atoms with Gasteiger partial charge in [-0.3, -0.25) is 0 Å². The summed E-state index contributed by atoms with van der Waals surface area (Å²) in [4.78, 5) is 0.208. The molecule has 1 atom stereocenters. The summed E-state index contributed by atoms with van der Waals surface area (Å²) >= 11 is 3.27. The predicted molar refractivity (Wildman–Crippen MR) is 77.9 cm³/mol. The van der Waals surface area contributed by atoms with Gasteiger partial charge in [0.2, 0.25) is 10.0 Å². The second kappa shape index (κ2) is 5.86. The van der Waals surface area contributed by atoms with Crippen molar-refractivity contribution in [1.82, 2.24) is 4.72 Å². The maximum absolute atomic E-state index is 12.2. The fourth-order valence-corrected chi connectivity index (χ4v) is 3.56. The molecule has 1 unspecified atom stereocenters. The maximum atomic E-state index is 12.2. The fourth-order valence-electron chi connectivity index (χ4n) is 1.58. The van der Waals surface area contributed by atoms with Crippen molar-refractivity contribution in [3.8, 4) is 0 Å². The van der Waals surface area contributed by atoms with Crippen LogP contribution in [0.15, 0.2) is 34.2 Å². The van der Waals surface area contributed by atoms with Crippen LogP contribution in [-0.4, -0.2) is 14.5 Å². The molecule has 100 valence electrons. The van der Waals surface area contributed by atoms with Crippen molar-refractivity contribution in [3.05, 3.63) is 34.8 Å². The highest BCUT2D eigenvalue weighted by Crippen LogP contribution is 2.26. The van der Waals surface area contributed by atoms with Gasteiger partial charge in [0.25, 0.3) is 0 Å². The predicted octanol–water partition coefficient (Wildman–Crippen LogP) is 2.58. The highest BCUT2D eigenvalue weighted by molar-refractivity contribution is 9.10. The van der Waals surface area contributed by atoms with Gasteiger partial charge < -0.3 is 5.73 Å². The third-order valence-electron chi connectivity index (χ3n) is 2.46. The molecule has 0 bridgehead atoms. The summed E-state index contributed by atoms with van der Waals surface area (Å²) in [5.41, 5.74) is 6.77. The van der Waals surface area contributed by atoms with Gasteiger partial charge in [-0.15, -0.1) is 6.58 Å². The van der Waals surface area contributed by atoms with E-state index in [1.165, 1.54) is 6.07 Å². The first-order valence-electron chi connectivity index (χ1n) is 5.46. The minimum atomic E-state index is -3.55. The summed E-state index contributed by atoms with van der Waals surface area (Å²) in [6.07, 6.45) is 2.25. The number of rotatable bonds is 5. The molecule has 4 nitrogen and oxygen atoms in total. The van der Waals surface area contributed by atoms with Crippen LogP contribution in [-0.2, 0) is 10.0 Å². The monoisotopic (exact) mass is 332 g/mol. The molecular formula is C12H17BrN2O2S. The van der Waals surface area contributed by atoms with Crippen LogP contribution in [0.1, 0.15) is 18.9 Å². The first kappa shape index (κ1) is 15.2. The van der Waals surface area contributed by atoms with E-state index >= 15 is 0 Å². The van der Waals surface area contributed by atoms with Crippen molar-refractivity contribution < 1.29 is 8.42 Å². The average Bonchev–Trinajstić information content (AvgIpc) is 2.22. The van der Waals surface area contributed by atoms with E-state index in [4.69, 9.17) is 5.73 Å². The molecule has 1 rings (SSSR count). The Morgan fingerprint density at radius 3 is 2.72 bits per heavy atom. The molecule has 0 aliphatic rings. The van der Waals surface area contributed by atoms with Crippen LogP contribution in [0.25, 0.3) is 0 Å². The molecule has 0 heterocycles. The van der Waals surface area contributed by atoms with Gasteiger partial charge in [0, 0.05) is 16.2 Å². The third kappa shape index (κ3) is 3.57. The van der Waals surface area contributed by atoms with Crippen molar-refractivity contribution in [3.63, 3.8) is 0 Å². The number of aryl methyl sites for hydroxylation is 1. The first-order chi connectivity index (χ1) is 8.27. The lowest BCUT2D eigenvalue weighted by Gasteiger charge is -2.15. The molecule has 1 aromatic carbocycles. The zero-order valence-electron chi connectivity index (χ0n) is 10.4. The minimum Gasteiger partial charge on any atom is -0.398 e. The highest BCUT2D eigenvalue weighted by Gasteiger charge is 2.20. The zero-order chi connectivity index (χ0) is 13.9. The molecular weight excluding hydrogens is 316 g/mol. The molecule has 0 aliphatic carbocycles. The Bertz CT molecular complexity index is 555. The molecule has 18 heavy (non-hydrogen) atoms. The normalized spacial score (nSPS) is 13.3. The largest absolute Gasteiger partial charge is 0.398 e. The number of hydrogen-bond acceptors (Lipinski definition) is 3. The van der Waals surface area contributed by atoms with Crippen LogP contribution < -0.4 is 10.5 Å². The Balaban J connectivity index is 3.13. The summed E-state index contributed by atoms with van der Waals surface area (Å²) in [6.45, 7) is 7.11. The lowest BCUT2D eigenvalue weighted by molar-refractivity contribution is 0.561. The smallest absolute Gasteiger partial charge is 0.241 e. The summed E-state index contributed by atoms with van der Waals surface area (Å²) in [6, 6.07) is 2.96. The van der Waals surface area contributed by atoms with Crippen molar-refractivity contribution in [2.75, 3.05) is 5.73 Å². The number of hydrogen-bond donors (Lipinski definition) is 2. The number of anilines is 1. The van der Waals surface area contributed by atoms with Crippen molar-refractivity contribution in [2.24, 2.45) is 0 Å². The summed E-state index contributed by atoms with van der Waals surface area (Å²) < 4.78 is 27.7. The van der Waals surface area contributed by atoms with Gasteiger partial charge in [0.05, 0.1) is 4.90 Å². The van der Waals surface area contributed by atoms with E-state index in [-0.39, 0.29) is 10.9 Å². The van der Waals surface area contributed by atoms with E-state index in [0.29, 0.717) is 22.1 Å². The van der Waals surface area contributed by atoms with E-state index in [0.717, 1.165) is 0 Å². The van der Waals surface area contributed by atoms with Crippen LogP contribution in [0.4, 0.5) is 5.69 Å². The minimum absolute atomic E-state index is 0.197. The van der Waals surface area contributed by atoms with Crippen LogP contribution in [0, 0.1) is 6.92 Å². The van der Waals surface area contributed by atoms with Crippen LogP contribution in [0.2, 0.25) is 0 Å². The van der Waals surface area contributed by atoms with Crippen LogP contribution >= 0.6 is 15.9 Å². The molecule has 0 radical (unpaired) electrons. The Morgan fingerprint density at radius 1 is 1.56 bits per heavy atom. The van der Waals surface area contributed by atoms with Crippen LogP contribution in [0.3, 0.4) is 0 Å². The van der Waals surface area contributed by atoms with Gasteiger partial charge >= 0.3 is 0 Å². The van der Waals surface area contributed by atoms with E-state index in [9.17, 15) is 8.42 Å². The quantitative estimate of drug-likeness (QED) is 0.643. The van der Waals surface area contributed by atoms with Gasteiger partial charge in [-0.05, 0) is 53.9 Å². The molecule has 0 spiro atoms. The number of halogens is 1. The SMILES string of the molecule is C=CCC(C)NS(=O)(=O)c1cc(N)c(Br)cc1C. The highest BCUT2D eigenvalue weighted by atomic mass is 79.9. The lowest BCUT2D eigenvalue weighted by atomic mass is 10.2. The second-order valence-corrected chi connectivity index (χ2v) is 6.72. The van der Waals surface area contributed by atoms with Crippen molar-refractivity contribution >= 4 is 31.6 Å². The van der Waals surface area contributed by atoms with Gasteiger partial charge in [0.15, 0.2) is 0 Å². The third-order valence-corrected chi connectivity index (χ3v) is 4.88. The lowest BCUT2D eigenvalue weighted by Crippen LogP contribution is -2.32. The molecule has 6 heteroatoms. The molecule has 3 N–H and O–H groups in total. The standard InChI is InChI=1S/C12H17BrN2O2S/c1-4-5-9(3)15-18(16,17)12-7-11(14)10(13)6-8(12)2/h4,6-7,9,15H,1,5,14H2,2-3H3. The van der Waals surface area contributed by atoms with Gasteiger partial charge in [-0.1, -0.05) is 6.08 Å². The van der Waals surface area contributed by atoms with E-state index in [1.807, 2.05) is 0 Å². The molecule has 0 fully saturated rings. The maximum Gasteiger partial charge on any atom is 0.241 e. The number of nitrogen functional groups attached to an aromatic ring is 1. The Labute approximate surface area is 116 Å². The number of nitrogens with two attached hydrogens (primary N) is 1. The van der Waals surface area contributed by atoms with E-state index in [1.54, 1.807) is 26.0 Å². The Morgan fingerprint density at radius 2 is 2.17 bits per heavy atom. The molecule has 1 aromatic rings. The second-order valence-electron chi connectivity index (χ2n) is 4.19. The molecule has 0 amide bonds. The number of benzene rings is 1. The Hall–Kier alpha value is -0.850. The fraction of sp³-hybridized carbons (Fsp3) is 0.333. The number of sulfonamides is 1. The van der Waals surface area contributed by atoms with Crippen molar-refractivity contribution in [1.29, 1.82) is 0 Å². The van der Waals surface area contributed by atoms with E-state index in [2.05, 4.69) is 27.2 Å². The van der Waals surface area contributed by atoms with Crippen LogP contribution in [0.5, 0.6) is 0 Å². The summed E-state index contributed by atoms with van der Waals surface area (Å²) in [5, 5.41) is 0. The van der Waals surface area contributed by atoms with Crippen molar-refractivity contribution in [2.45, 2.75) is 31.2 Å². The van der Waals surface area contributed by atoms with E-state index < -0.39 is 10.0 Å². The molecule has 0 aromatic heterocycles. The summed E-state index contributed by atoms with van der Waals surface area (Å²) in [5.74, 6) is 0. The number of nitrogens with one attached hydrogen (secondary N) is 1. The van der Waals surface area contributed by atoms with Gasteiger partial charge in [0.1, 0.15) is 0 Å². The van der Waals surface area contributed by atoms with Gasteiger partial charge in [-0.2, -0.15) is 0 Å². The molecule has 0 saturated heterocycles. The van der Waals surface area contributed by atoms with Gasteiger partial charge in [-0.25, -0.2) is 13.1 Å². The average molecular weight is 333 g/mol.